The molecule has 2 amide bonds. The molecule has 0 bridgehead atoms. The lowest BCUT2D eigenvalue weighted by atomic mass is 9.95. The van der Waals surface area contributed by atoms with Gasteiger partial charge < -0.3 is 15.4 Å². The number of hydrogen-bond acceptors (Lipinski definition) is 4. The second-order valence-corrected chi connectivity index (χ2v) is 7.58. The lowest BCUT2D eigenvalue weighted by Gasteiger charge is -2.27. The molecule has 1 aliphatic rings. The van der Waals surface area contributed by atoms with Crippen molar-refractivity contribution in [1.82, 2.24) is 15.6 Å². The Balaban J connectivity index is 1.84. The van der Waals surface area contributed by atoms with Gasteiger partial charge in [-0.2, -0.15) is 0 Å². The molecule has 118 valence electrons. The van der Waals surface area contributed by atoms with E-state index in [4.69, 9.17) is 4.74 Å². The van der Waals surface area contributed by atoms with Crippen LogP contribution in [0, 0.1) is 0 Å². The fraction of sp³-hybridized carbons (Fsp3) is 0.733. The van der Waals surface area contributed by atoms with Crippen molar-refractivity contribution < 1.29 is 9.53 Å². The van der Waals surface area contributed by atoms with E-state index >= 15 is 0 Å². The van der Waals surface area contributed by atoms with E-state index in [0.29, 0.717) is 6.54 Å². The Labute approximate surface area is 130 Å². The van der Waals surface area contributed by atoms with Crippen LogP contribution in [0.25, 0.3) is 0 Å². The average molecular weight is 311 g/mol. The summed E-state index contributed by atoms with van der Waals surface area (Å²) in [5.74, 6) is 0. The Kier molecular flexibility index (Phi) is 4.58. The zero-order valence-corrected chi connectivity index (χ0v) is 14.3. The van der Waals surface area contributed by atoms with E-state index in [1.165, 1.54) is 0 Å². The molecule has 0 radical (unpaired) electrons. The van der Waals surface area contributed by atoms with Gasteiger partial charge in [-0.25, -0.2) is 9.78 Å². The lowest BCUT2D eigenvalue weighted by molar-refractivity contribution is -0.0690. The standard InChI is InChI=1S/C15H25N3O2S/c1-6-12-17-10(9-21-12)8-16-13(19)18-11-7-14(2,3)20-15(11,4)5/h9,11H,6-8H2,1-5H3,(H2,16,18,19). The number of urea groups is 1. The third-order valence-corrected chi connectivity index (χ3v) is 4.75. The van der Waals surface area contributed by atoms with Gasteiger partial charge in [0.1, 0.15) is 0 Å². The number of carbonyl (C=O) groups is 1. The number of aromatic nitrogens is 1. The highest BCUT2D eigenvalue weighted by atomic mass is 32.1. The van der Waals surface area contributed by atoms with Crippen molar-refractivity contribution >= 4 is 17.4 Å². The summed E-state index contributed by atoms with van der Waals surface area (Å²) in [7, 11) is 0. The van der Waals surface area contributed by atoms with E-state index in [9.17, 15) is 4.79 Å². The highest BCUT2D eigenvalue weighted by molar-refractivity contribution is 7.09. The lowest BCUT2D eigenvalue weighted by Crippen LogP contribution is -2.49. The first kappa shape index (κ1) is 16.2. The van der Waals surface area contributed by atoms with Crippen molar-refractivity contribution in [1.29, 1.82) is 0 Å². The Bertz CT molecular complexity index is 511. The molecular weight excluding hydrogens is 286 g/mol. The predicted octanol–water partition coefficient (Wildman–Crippen LogP) is 2.85. The van der Waals surface area contributed by atoms with Crippen molar-refractivity contribution in [2.45, 2.75) is 71.2 Å². The van der Waals surface area contributed by atoms with Gasteiger partial charge >= 0.3 is 6.03 Å². The van der Waals surface area contributed by atoms with Crippen molar-refractivity contribution in [3.8, 4) is 0 Å². The fourth-order valence-electron chi connectivity index (χ4n) is 2.76. The maximum absolute atomic E-state index is 12.0. The Morgan fingerprint density at radius 1 is 1.48 bits per heavy atom. The second kappa shape index (κ2) is 5.93. The van der Waals surface area contributed by atoms with Crippen LogP contribution in [-0.4, -0.2) is 28.3 Å². The first-order valence-electron chi connectivity index (χ1n) is 7.40. The average Bonchev–Trinajstić information content (AvgIpc) is 2.89. The molecule has 1 saturated heterocycles. The summed E-state index contributed by atoms with van der Waals surface area (Å²) in [5, 5.41) is 8.97. The topological polar surface area (TPSA) is 63.2 Å². The van der Waals surface area contributed by atoms with E-state index in [2.05, 4.69) is 36.4 Å². The molecule has 1 aromatic rings. The SMILES string of the molecule is CCc1nc(CNC(=O)NC2CC(C)(C)OC2(C)C)cs1. The van der Waals surface area contributed by atoms with Crippen LogP contribution in [0.4, 0.5) is 4.79 Å². The van der Waals surface area contributed by atoms with E-state index in [-0.39, 0.29) is 23.3 Å². The predicted molar refractivity (Wildman–Crippen MR) is 84.5 cm³/mol. The van der Waals surface area contributed by atoms with Gasteiger partial charge in [0.25, 0.3) is 0 Å². The van der Waals surface area contributed by atoms with Crippen LogP contribution in [0.15, 0.2) is 5.38 Å². The zero-order chi connectivity index (χ0) is 15.7. The molecule has 1 atom stereocenters. The number of thiazole rings is 1. The summed E-state index contributed by atoms with van der Waals surface area (Å²) in [6, 6.07) is -0.158. The van der Waals surface area contributed by atoms with Crippen LogP contribution < -0.4 is 10.6 Å². The minimum Gasteiger partial charge on any atom is -0.367 e. The molecule has 2 N–H and O–H groups in total. The second-order valence-electron chi connectivity index (χ2n) is 6.64. The van der Waals surface area contributed by atoms with Crippen LogP contribution >= 0.6 is 11.3 Å². The quantitative estimate of drug-likeness (QED) is 0.899. The van der Waals surface area contributed by atoms with Crippen molar-refractivity contribution in [3.05, 3.63) is 16.1 Å². The van der Waals surface area contributed by atoms with Gasteiger partial charge in [-0.1, -0.05) is 6.92 Å². The van der Waals surface area contributed by atoms with Gasteiger partial charge in [-0.15, -0.1) is 11.3 Å². The summed E-state index contributed by atoms with van der Waals surface area (Å²) in [5.41, 5.74) is 0.359. The summed E-state index contributed by atoms with van der Waals surface area (Å²) in [6.07, 6.45) is 1.74. The molecule has 1 aromatic heterocycles. The Morgan fingerprint density at radius 3 is 2.71 bits per heavy atom. The molecule has 21 heavy (non-hydrogen) atoms. The molecule has 0 spiro atoms. The first-order valence-corrected chi connectivity index (χ1v) is 8.27. The van der Waals surface area contributed by atoms with Gasteiger partial charge in [-0.3, -0.25) is 0 Å². The molecule has 0 aliphatic carbocycles. The highest BCUT2D eigenvalue weighted by Crippen LogP contribution is 2.37. The van der Waals surface area contributed by atoms with E-state index in [1.54, 1.807) is 11.3 Å². The number of nitrogens with zero attached hydrogens (tertiary/aromatic N) is 1. The number of ether oxygens (including phenoxy) is 1. The van der Waals surface area contributed by atoms with Gasteiger partial charge in [-0.05, 0) is 40.5 Å². The summed E-state index contributed by atoms with van der Waals surface area (Å²) >= 11 is 1.63. The summed E-state index contributed by atoms with van der Waals surface area (Å²) < 4.78 is 5.98. The minimum absolute atomic E-state index is 0.00846. The first-order chi connectivity index (χ1) is 9.72. The third-order valence-electron chi connectivity index (χ3n) is 3.71. The Morgan fingerprint density at radius 2 is 2.19 bits per heavy atom. The molecule has 0 saturated carbocycles. The molecule has 2 rings (SSSR count). The molecule has 1 fully saturated rings. The van der Waals surface area contributed by atoms with Crippen LogP contribution in [0.3, 0.4) is 0 Å². The van der Waals surface area contributed by atoms with E-state index in [0.717, 1.165) is 23.5 Å². The highest BCUT2D eigenvalue weighted by Gasteiger charge is 2.46. The number of nitrogens with one attached hydrogen (secondary N) is 2. The van der Waals surface area contributed by atoms with E-state index < -0.39 is 0 Å². The maximum Gasteiger partial charge on any atom is 0.315 e. The van der Waals surface area contributed by atoms with Crippen molar-refractivity contribution in [3.63, 3.8) is 0 Å². The molecule has 0 aromatic carbocycles. The smallest absolute Gasteiger partial charge is 0.315 e. The number of hydrogen-bond donors (Lipinski definition) is 2. The molecule has 1 unspecified atom stereocenters. The fourth-order valence-corrected chi connectivity index (χ4v) is 3.50. The van der Waals surface area contributed by atoms with Gasteiger partial charge in [0.2, 0.25) is 0 Å². The maximum atomic E-state index is 12.0. The molecule has 6 heteroatoms. The van der Waals surface area contributed by atoms with Crippen LogP contribution in [0.1, 0.15) is 51.7 Å². The summed E-state index contributed by atoms with van der Waals surface area (Å²) in [6.45, 7) is 10.7. The van der Waals surface area contributed by atoms with Crippen LogP contribution in [0.2, 0.25) is 0 Å². The summed E-state index contributed by atoms with van der Waals surface area (Å²) in [4.78, 5) is 16.5. The largest absolute Gasteiger partial charge is 0.367 e. The number of carbonyl (C=O) groups excluding carboxylic acids is 1. The molecule has 1 aliphatic heterocycles. The molecular formula is C15H25N3O2S. The van der Waals surface area contributed by atoms with Crippen molar-refractivity contribution in [2.24, 2.45) is 0 Å². The van der Waals surface area contributed by atoms with Crippen LogP contribution in [-0.2, 0) is 17.7 Å². The normalized spacial score (nSPS) is 23.0. The third kappa shape index (κ3) is 4.17. The zero-order valence-electron chi connectivity index (χ0n) is 13.4. The van der Waals surface area contributed by atoms with Crippen molar-refractivity contribution in [2.75, 3.05) is 0 Å². The van der Waals surface area contributed by atoms with Gasteiger partial charge in [0.15, 0.2) is 0 Å². The van der Waals surface area contributed by atoms with E-state index in [1.807, 2.05) is 19.2 Å². The van der Waals surface area contributed by atoms with Gasteiger partial charge in [0.05, 0.1) is 34.5 Å². The number of aryl methyl sites for hydroxylation is 1. The number of amides is 2. The molecule has 5 nitrogen and oxygen atoms in total. The number of rotatable bonds is 4. The monoisotopic (exact) mass is 311 g/mol. The molecule has 2 heterocycles. The minimum atomic E-state index is -0.350. The van der Waals surface area contributed by atoms with Gasteiger partial charge in [0, 0.05) is 5.38 Å². The van der Waals surface area contributed by atoms with Crippen LogP contribution in [0.5, 0.6) is 0 Å². The Hall–Kier alpha value is -1.14.